The second kappa shape index (κ2) is 4.73. The molecule has 110 valence electrons. The Kier molecular flexibility index (Phi) is 2.72. The van der Waals surface area contributed by atoms with Gasteiger partial charge in [0.05, 0.1) is 12.0 Å². The molecule has 1 aliphatic rings. The quantitative estimate of drug-likeness (QED) is 0.756. The first kappa shape index (κ1) is 12.6. The van der Waals surface area contributed by atoms with Gasteiger partial charge in [0.1, 0.15) is 11.4 Å². The van der Waals surface area contributed by atoms with Gasteiger partial charge in [-0.2, -0.15) is 0 Å². The molecular weight excluding hydrogens is 282 g/mol. The Morgan fingerprint density at radius 3 is 3.05 bits per heavy atom. The number of H-pyrrole nitrogens is 1. The maximum absolute atomic E-state index is 11.5. The Morgan fingerprint density at radius 1 is 1.32 bits per heavy atom. The second-order valence-corrected chi connectivity index (χ2v) is 5.01. The number of aromatic amines is 1. The van der Waals surface area contributed by atoms with Crippen LogP contribution in [-0.2, 0) is 4.79 Å². The van der Waals surface area contributed by atoms with Crippen LogP contribution in [-0.4, -0.2) is 32.0 Å². The molecule has 0 radical (unpaired) electrons. The van der Waals surface area contributed by atoms with Crippen molar-refractivity contribution in [1.29, 1.82) is 0 Å². The number of aromatic nitrogens is 4. The van der Waals surface area contributed by atoms with E-state index in [1.54, 1.807) is 12.5 Å². The molecule has 1 amide bonds. The number of hydrogen-bond acceptors (Lipinski definition) is 4. The summed E-state index contributed by atoms with van der Waals surface area (Å²) in [5.74, 6) is 1.25. The number of carbonyl (C=O) groups excluding carboxylic acids is 1. The van der Waals surface area contributed by atoms with E-state index in [4.69, 9.17) is 4.74 Å². The maximum Gasteiger partial charge on any atom is 0.262 e. The summed E-state index contributed by atoms with van der Waals surface area (Å²) in [4.78, 5) is 23.2. The Labute approximate surface area is 126 Å². The maximum atomic E-state index is 11.5. The van der Waals surface area contributed by atoms with E-state index in [1.807, 2.05) is 35.9 Å². The van der Waals surface area contributed by atoms with Crippen molar-refractivity contribution in [3.63, 3.8) is 0 Å². The van der Waals surface area contributed by atoms with E-state index in [1.165, 1.54) is 0 Å². The number of hydrogen-bond donors (Lipinski definition) is 2. The summed E-state index contributed by atoms with van der Waals surface area (Å²) in [6, 6.07) is 5.62. The van der Waals surface area contributed by atoms with Crippen molar-refractivity contribution in [3.8, 4) is 23.0 Å². The number of benzene rings is 1. The molecule has 0 aliphatic carbocycles. The van der Waals surface area contributed by atoms with Gasteiger partial charge >= 0.3 is 0 Å². The number of carbonyl (C=O) groups is 1. The Balaban J connectivity index is 1.81. The molecule has 22 heavy (non-hydrogen) atoms. The fourth-order valence-corrected chi connectivity index (χ4v) is 2.49. The predicted molar refractivity (Wildman–Crippen MR) is 80.0 cm³/mol. The summed E-state index contributed by atoms with van der Waals surface area (Å²) in [5.41, 5.74) is 3.27. The average molecular weight is 295 g/mol. The van der Waals surface area contributed by atoms with Crippen LogP contribution in [0.2, 0.25) is 0 Å². The molecule has 7 heteroatoms. The first-order valence-corrected chi connectivity index (χ1v) is 6.83. The van der Waals surface area contributed by atoms with Gasteiger partial charge in [-0.25, -0.2) is 9.97 Å². The Hall–Kier alpha value is -3.09. The summed E-state index contributed by atoms with van der Waals surface area (Å²) < 4.78 is 7.30. The Morgan fingerprint density at radius 2 is 2.23 bits per heavy atom. The summed E-state index contributed by atoms with van der Waals surface area (Å²) in [6.07, 6.45) is 5.22. The Bertz CT molecular complexity index is 864. The SMILES string of the molecule is Cc1[nH]cnc1-c1nccn1-c1ccc2c(c1)NC(=O)CO2. The van der Waals surface area contributed by atoms with E-state index in [9.17, 15) is 4.79 Å². The number of aryl methyl sites for hydroxylation is 1. The number of rotatable bonds is 2. The third-order valence-corrected chi connectivity index (χ3v) is 3.56. The third-order valence-electron chi connectivity index (χ3n) is 3.56. The van der Waals surface area contributed by atoms with E-state index in [0.29, 0.717) is 11.4 Å². The van der Waals surface area contributed by atoms with Crippen molar-refractivity contribution in [2.45, 2.75) is 6.92 Å². The van der Waals surface area contributed by atoms with Crippen molar-refractivity contribution in [2.75, 3.05) is 11.9 Å². The van der Waals surface area contributed by atoms with Gasteiger partial charge in [-0.05, 0) is 25.1 Å². The lowest BCUT2D eigenvalue weighted by molar-refractivity contribution is -0.118. The van der Waals surface area contributed by atoms with Crippen molar-refractivity contribution < 1.29 is 9.53 Å². The fraction of sp³-hybridized carbons (Fsp3) is 0.133. The van der Waals surface area contributed by atoms with Crippen LogP contribution in [0.15, 0.2) is 36.9 Å². The molecule has 0 fully saturated rings. The van der Waals surface area contributed by atoms with Crippen LogP contribution >= 0.6 is 0 Å². The zero-order valence-corrected chi connectivity index (χ0v) is 11.8. The largest absolute Gasteiger partial charge is 0.482 e. The van der Waals surface area contributed by atoms with Crippen molar-refractivity contribution in [1.82, 2.24) is 19.5 Å². The van der Waals surface area contributed by atoms with Crippen LogP contribution in [0, 0.1) is 6.92 Å². The molecule has 1 aliphatic heterocycles. The van der Waals surface area contributed by atoms with Gasteiger partial charge in [-0.3, -0.25) is 9.36 Å². The minimum Gasteiger partial charge on any atom is -0.482 e. The molecule has 3 heterocycles. The summed E-state index contributed by atoms with van der Waals surface area (Å²) in [6.45, 7) is 2.00. The van der Waals surface area contributed by atoms with Crippen molar-refractivity contribution >= 4 is 11.6 Å². The molecule has 2 aromatic heterocycles. The number of amides is 1. The number of imidazole rings is 2. The molecule has 0 spiro atoms. The second-order valence-electron chi connectivity index (χ2n) is 5.01. The number of nitrogens with one attached hydrogen (secondary N) is 2. The van der Waals surface area contributed by atoms with Gasteiger partial charge < -0.3 is 15.0 Å². The predicted octanol–water partition coefficient (Wildman–Crippen LogP) is 1.90. The minimum absolute atomic E-state index is 0.0507. The smallest absolute Gasteiger partial charge is 0.262 e. The highest BCUT2D eigenvalue weighted by atomic mass is 16.5. The van der Waals surface area contributed by atoms with Gasteiger partial charge in [0.15, 0.2) is 12.4 Å². The van der Waals surface area contributed by atoms with Crippen LogP contribution in [0.5, 0.6) is 5.75 Å². The fourth-order valence-electron chi connectivity index (χ4n) is 2.49. The zero-order chi connectivity index (χ0) is 15.1. The number of fused-ring (bicyclic) bond motifs is 1. The van der Waals surface area contributed by atoms with E-state index < -0.39 is 0 Å². The number of anilines is 1. The van der Waals surface area contributed by atoms with Gasteiger partial charge in [0, 0.05) is 23.8 Å². The molecule has 3 aromatic rings. The lowest BCUT2D eigenvalue weighted by atomic mass is 10.2. The third kappa shape index (κ3) is 1.95. The standard InChI is InChI=1S/C15H13N5O2/c1-9-14(18-8-17-9)15-16-4-5-20(15)10-2-3-12-11(6-10)19-13(21)7-22-12/h2-6,8H,7H2,1H3,(H,17,18)(H,19,21). The summed E-state index contributed by atoms with van der Waals surface area (Å²) >= 11 is 0. The first-order chi connectivity index (χ1) is 10.7. The highest BCUT2D eigenvalue weighted by Crippen LogP contribution is 2.31. The molecule has 7 nitrogen and oxygen atoms in total. The summed E-state index contributed by atoms with van der Waals surface area (Å²) in [7, 11) is 0. The molecule has 1 aromatic carbocycles. The molecule has 0 unspecified atom stereocenters. The molecular formula is C15H13N5O2. The van der Waals surface area contributed by atoms with E-state index in [-0.39, 0.29) is 12.5 Å². The highest BCUT2D eigenvalue weighted by Gasteiger charge is 2.18. The number of ether oxygens (including phenoxy) is 1. The van der Waals surface area contributed by atoms with Gasteiger partial charge in [0.25, 0.3) is 5.91 Å². The van der Waals surface area contributed by atoms with Crippen LogP contribution in [0.3, 0.4) is 0 Å². The molecule has 0 saturated heterocycles. The van der Waals surface area contributed by atoms with E-state index in [2.05, 4.69) is 20.3 Å². The molecule has 4 rings (SSSR count). The van der Waals surface area contributed by atoms with Gasteiger partial charge in [-0.1, -0.05) is 0 Å². The summed E-state index contributed by atoms with van der Waals surface area (Å²) in [5, 5.41) is 2.81. The molecule has 0 saturated carbocycles. The van der Waals surface area contributed by atoms with Gasteiger partial charge in [-0.15, -0.1) is 0 Å². The monoisotopic (exact) mass is 295 g/mol. The van der Waals surface area contributed by atoms with Gasteiger partial charge in [0.2, 0.25) is 0 Å². The molecule has 0 atom stereocenters. The molecule has 0 bridgehead atoms. The normalized spacial score (nSPS) is 13.4. The lowest BCUT2D eigenvalue weighted by Gasteiger charge is -2.19. The topological polar surface area (TPSA) is 84.8 Å². The minimum atomic E-state index is -0.154. The lowest BCUT2D eigenvalue weighted by Crippen LogP contribution is -2.25. The first-order valence-electron chi connectivity index (χ1n) is 6.83. The zero-order valence-electron chi connectivity index (χ0n) is 11.8. The molecule has 2 N–H and O–H groups in total. The van der Waals surface area contributed by atoms with Crippen LogP contribution in [0.1, 0.15) is 5.69 Å². The van der Waals surface area contributed by atoms with E-state index >= 15 is 0 Å². The van der Waals surface area contributed by atoms with Crippen LogP contribution < -0.4 is 10.1 Å². The number of nitrogens with zero attached hydrogens (tertiary/aromatic N) is 3. The average Bonchev–Trinajstić information content (AvgIpc) is 3.14. The highest BCUT2D eigenvalue weighted by molar-refractivity contribution is 5.95. The van der Waals surface area contributed by atoms with E-state index in [0.717, 1.165) is 22.9 Å². The van der Waals surface area contributed by atoms with Crippen molar-refractivity contribution in [3.05, 3.63) is 42.6 Å². The van der Waals surface area contributed by atoms with Crippen LogP contribution in [0.4, 0.5) is 5.69 Å². The van der Waals surface area contributed by atoms with Crippen LogP contribution in [0.25, 0.3) is 17.2 Å². The van der Waals surface area contributed by atoms with Crippen molar-refractivity contribution in [2.24, 2.45) is 0 Å².